The highest BCUT2D eigenvalue weighted by Crippen LogP contribution is 2.36. The van der Waals surface area contributed by atoms with E-state index in [2.05, 4.69) is 39.3 Å². The van der Waals surface area contributed by atoms with Crippen LogP contribution >= 0.6 is 11.3 Å². The Labute approximate surface area is 230 Å². The Bertz CT molecular complexity index is 1540. The van der Waals surface area contributed by atoms with Gasteiger partial charge in [-0.15, -0.1) is 11.3 Å². The summed E-state index contributed by atoms with van der Waals surface area (Å²) in [6, 6.07) is 12.6. The van der Waals surface area contributed by atoms with Crippen molar-refractivity contribution in [2.45, 2.75) is 19.5 Å². The molecule has 1 atom stereocenters. The quantitative estimate of drug-likeness (QED) is 0.310. The molecule has 0 aliphatic carbocycles. The second-order valence-corrected chi connectivity index (χ2v) is 10.5. The van der Waals surface area contributed by atoms with Crippen LogP contribution in [0.4, 0.5) is 10.6 Å². The standard InChI is InChI=1S/C28H30N6O4S/c1-17-14-33(15-18(2)31-17)16-21-5-6-25(39-21)27(35)32-26-12-20(7-9-30-26)38-24-11-19-8-10-34(28(36)29-3)22(19)13-23(24)37-4/h5-13,18,31H,1,14-16H2,2-4H3,(H,29,36)(H,30,32,35)/t18-/m1/s1. The number of carbonyl (C=O) groups is 2. The van der Waals surface area contributed by atoms with Crippen LogP contribution in [-0.4, -0.2) is 59.7 Å². The molecular weight excluding hydrogens is 516 g/mol. The first-order valence-electron chi connectivity index (χ1n) is 12.4. The van der Waals surface area contributed by atoms with E-state index >= 15 is 0 Å². The molecule has 1 saturated heterocycles. The van der Waals surface area contributed by atoms with Gasteiger partial charge in [-0.1, -0.05) is 6.58 Å². The van der Waals surface area contributed by atoms with Crippen LogP contribution in [0.3, 0.4) is 0 Å². The first-order chi connectivity index (χ1) is 18.8. The minimum atomic E-state index is -0.252. The molecule has 4 aromatic rings. The first-order valence-corrected chi connectivity index (χ1v) is 13.3. The van der Waals surface area contributed by atoms with Crippen molar-refractivity contribution in [2.75, 3.05) is 32.6 Å². The van der Waals surface area contributed by atoms with Gasteiger partial charge >= 0.3 is 6.03 Å². The topological polar surface area (TPSA) is 110 Å². The number of ether oxygens (including phenoxy) is 2. The Morgan fingerprint density at radius 1 is 1.21 bits per heavy atom. The van der Waals surface area contributed by atoms with Crippen molar-refractivity contribution in [3.63, 3.8) is 0 Å². The summed E-state index contributed by atoms with van der Waals surface area (Å²) < 4.78 is 13.1. The fraction of sp³-hybridized carbons (Fsp3) is 0.250. The lowest BCUT2D eigenvalue weighted by molar-refractivity contribution is 0.103. The van der Waals surface area contributed by atoms with Crippen LogP contribution in [0.5, 0.6) is 17.2 Å². The number of piperazine rings is 1. The number of fused-ring (bicyclic) bond motifs is 1. The SMILES string of the molecule is C=C1CN(Cc2ccc(C(=O)Nc3cc(Oc4cc5ccn(C(=O)NC)c5cc4OC)ccn3)s2)C[C@@H](C)N1. The molecule has 1 aromatic carbocycles. The Morgan fingerprint density at radius 3 is 2.82 bits per heavy atom. The minimum Gasteiger partial charge on any atom is -0.493 e. The van der Waals surface area contributed by atoms with Gasteiger partial charge in [-0.2, -0.15) is 0 Å². The largest absolute Gasteiger partial charge is 0.493 e. The number of hydrogen-bond acceptors (Lipinski definition) is 8. The summed E-state index contributed by atoms with van der Waals surface area (Å²) in [6.45, 7) is 8.66. The summed E-state index contributed by atoms with van der Waals surface area (Å²) in [5.41, 5.74) is 1.70. The average molecular weight is 547 g/mol. The molecular formula is C28H30N6O4S. The molecule has 0 saturated carbocycles. The molecule has 3 aromatic heterocycles. The van der Waals surface area contributed by atoms with Gasteiger partial charge in [-0.05, 0) is 37.3 Å². The molecule has 202 valence electrons. The van der Waals surface area contributed by atoms with Crippen molar-refractivity contribution in [3.8, 4) is 17.2 Å². The van der Waals surface area contributed by atoms with Gasteiger partial charge in [0, 0.05) is 73.2 Å². The van der Waals surface area contributed by atoms with E-state index in [0.717, 1.165) is 35.6 Å². The Kier molecular flexibility index (Phi) is 7.53. The number of nitrogens with zero attached hydrogens (tertiary/aromatic N) is 3. The van der Waals surface area contributed by atoms with Crippen molar-refractivity contribution in [1.29, 1.82) is 0 Å². The predicted molar refractivity (Wildman–Crippen MR) is 152 cm³/mol. The smallest absolute Gasteiger partial charge is 0.325 e. The zero-order valence-corrected chi connectivity index (χ0v) is 22.8. The number of benzene rings is 1. The van der Waals surface area contributed by atoms with Crippen LogP contribution in [0.15, 0.2) is 67.1 Å². The predicted octanol–water partition coefficient (Wildman–Crippen LogP) is 4.65. The Hall–Kier alpha value is -4.35. The second kappa shape index (κ2) is 11.2. The van der Waals surface area contributed by atoms with Gasteiger partial charge in [-0.3, -0.25) is 14.3 Å². The highest BCUT2D eigenvalue weighted by Gasteiger charge is 2.20. The number of thiophene rings is 1. The van der Waals surface area contributed by atoms with Crippen molar-refractivity contribution in [3.05, 3.63) is 76.9 Å². The highest BCUT2D eigenvalue weighted by molar-refractivity contribution is 7.14. The highest BCUT2D eigenvalue weighted by atomic mass is 32.1. The summed E-state index contributed by atoms with van der Waals surface area (Å²) in [6.07, 6.45) is 3.25. The molecule has 4 heterocycles. The van der Waals surface area contributed by atoms with Crippen LogP contribution in [0.25, 0.3) is 10.9 Å². The zero-order chi connectivity index (χ0) is 27.5. The van der Waals surface area contributed by atoms with Gasteiger partial charge in [0.1, 0.15) is 11.6 Å². The third-order valence-corrected chi connectivity index (χ3v) is 7.34. The molecule has 1 aliphatic heterocycles. The lowest BCUT2D eigenvalue weighted by atomic mass is 10.2. The molecule has 0 spiro atoms. The average Bonchev–Trinajstić information content (AvgIpc) is 3.54. The van der Waals surface area contributed by atoms with Crippen LogP contribution in [0.1, 0.15) is 21.5 Å². The molecule has 0 radical (unpaired) electrons. The van der Waals surface area contributed by atoms with Crippen LogP contribution < -0.4 is 25.4 Å². The fourth-order valence-corrected chi connectivity index (χ4v) is 5.56. The molecule has 0 bridgehead atoms. The zero-order valence-electron chi connectivity index (χ0n) is 22.0. The fourth-order valence-electron chi connectivity index (χ4n) is 4.61. The van der Waals surface area contributed by atoms with Crippen LogP contribution in [0, 0.1) is 0 Å². The van der Waals surface area contributed by atoms with Crippen LogP contribution in [-0.2, 0) is 6.54 Å². The normalized spacial score (nSPS) is 15.6. The summed E-state index contributed by atoms with van der Waals surface area (Å²) in [4.78, 5) is 33.4. The maximum absolute atomic E-state index is 12.9. The number of nitrogens with one attached hydrogen (secondary N) is 3. The first kappa shape index (κ1) is 26.3. The molecule has 0 unspecified atom stereocenters. The van der Waals surface area contributed by atoms with Gasteiger partial charge in [0.05, 0.1) is 17.5 Å². The van der Waals surface area contributed by atoms with Gasteiger partial charge in [0.15, 0.2) is 11.5 Å². The lowest BCUT2D eigenvalue weighted by Crippen LogP contribution is -2.46. The minimum absolute atomic E-state index is 0.233. The van der Waals surface area contributed by atoms with E-state index in [0.29, 0.717) is 39.5 Å². The van der Waals surface area contributed by atoms with E-state index in [4.69, 9.17) is 9.47 Å². The number of amides is 2. The summed E-state index contributed by atoms with van der Waals surface area (Å²) in [7, 11) is 3.11. The summed E-state index contributed by atoms with van der Waals surface area (Å²) in [5.74, 6) is 1.54. The molecule has 1 aliphatic rings. The van der Waals surface area contributed by atoms with Crippen molar-refractivity contribution < 1.29 is 19.1 Å². The van der Waals surface area contributed by atoms with Gasteiger partial charge < -0.3 is 25.4 Å². The number of hydrogen-bond donors (Lipinski definition) is 3. The van der Waals surface area contributed by atoms with Gasteiger partial charge in [0.25, 0.3) is 5.91 Å². The molecule has 10 nitrogen and oxygen atoms in total. The van der Waals surface area contributed by atoms with E-state index in [1.165, 1.54) is 23.0 Å². The van der Waals surface area contributed by atoms with Crippen molar-refractivity contribution in [2.24, 2.45) is 0 Å². The Balaban J connectivity index is 1.27. The molecule has 11 heteroatoms. The molecule has 39 heavy (non-hydrogen) atoms. The van der Waals surface area contributed by atoms with E-state index < -0.39 is 0 Å². The third-order valence-electron chi connectivity index (χ3n) is 6.27. The summed E-state index contributed by atoms with van der Waals surface area (Å²) in [5, 5.41) is 9.63. The maximum atomic E-state index is 12.9. The molecule has 2 amide bonds. The lowest BCUT2D eigenvalue weighted by Gasteiger charge is -2.33. The van der Waals surface area contributed by atoms with Crippen LogP contribution in [0.2, 0.25) is 0 Å². The van der Waals surface area contributed by atoms with E-state index in [9.17, 15) is 9.59 Å². The number of rotatable bonds is 7. The molecule has 5 rings (SSSR count). The number of aromatic nitrogens is 2. The van der Waals surface area contributed by atoms with Gasteiger partial charge in [0.2, 0.25) is 0 Å². The molecule has 1 fully saturated rings. The van der Waals surface area contributed by atoms with Crippen molar-refractivity contribution in [1.82, 2.24) is 25.1 Å². The number of pyridine rings is 1. The number of carbonyl (C=O) groups excluding carboxylic acids is 2. The van der Waals surface area contributed by atoms with E-state index in [1.807, 2.05) is 18.2 Å². The number of methoxy groups -OCH3 is 1. The van der Waals surface area contributed by atoms with Gasteiger partial charge in [-0.25, -0.2) is 9.78 Å². The maximum Gasteiger partial charge on any atom is 0.325 e. The molecule has 3 N–H and O–H groups in total. The third kappa shape index (κ3) is 5.89. The van der Waals surface area contributed by atoms with E-state index in [1.54, 1.807) is 43.7 Å². The summed E-state index contributed by atoms with van der Waals surface area (Å²) >= 11 is 1.46. The monoisotopic (exact) mass is 546 g/mol. The van der Waals surface area contributed by atoms with E-state index in [-0.39, 0.29) is 11.9 Å². The van der Waals surface area contributed by atoms with Crippen molar-refractivity contribution >= 4 is 40.0 Å². The number of anilines is 1. The Morgan fingerprint density at radius 2 is 2.05 bits per heavy atom. The second-order valence-electron chi connectivity index (χ2n) is 9.32.